The van der Waals surface area contributed by atoms with Crippen LogP contribution < -0.4 is 5.32 Å². The van der Waals surface area contributed by atoms with Crippen LogP contribution in [-0.4, -0.2) is 35.6 Å². The van der Waals surface area contributed by atoms with Crippen LogP contribution in [0, 0.1) is 5.92 Å². The average Bonchev–Trinajstić information content (AvgIpc) is 3.24. The van der Waals surface area contributed by atoms with Crippen molar-refractivity contribution in [1.29, 1.82) is 0 Å². The molecule has 1 aliphatic heterocycles. The van der Waals surface area contributed by atoms with Crippen molar-refractivity contribution >= 4 is 17.7 Å². The molecule has 0 spiro atoms. The van der Waals surface area contributed by atoms with Gasteiger partial charge >= 0.3 is 6.09 Å². The highest BCUT2D eigenvalue weighted by Crippen LogP contribution is 2.33. The molecule has 5 nitrogen and oxygen atoms in total. The van der Waals surface area contributed by atoms with E-state index in [4.69, 9.17) is 4.74 Å². The zero-order valence-corrected chi connectivity index (χ0v) is 14.0. The number of carbonyl (C=O) groups excluding carboxylic acids is 2. The average molecular weight is 316 g/mol. The van der Waals surface area contributed by atoms with Gasteiger partial charge in [-0.05, 0) is 63.6 Å². The maximum Gasteiger partial charge on any atom is 0.412 e. The minimum atomic E-state index is -0.546. The third-order valence-electron chi connectivity index (χ3n) is 4.14. The Kier molecular flexibility index (Phi) is 4.04. The minimum absolute atomic E-state index is 0.0750. The van der Waals surface area contributed by atoms with Crippen molar-refractivity contribution in [2.45, 2.75) is 45.6 Å². The van der Waals surface area contributed by atoms with E-state index in [9.17, 15) is 9.59 Å². The van der Waals surface area contributed by atoms with E-state index in [1.165, 1.54) is 12.8 Å². The molecule has 1 N–H and O–H groups in total. The number of rotatable bonds is 3. The predicted octanol–water partition coefficient (Wildman–Crippen LogP) is 3.44. The minimum Gasteiger partial charge on any atom is -0.444 e. The normalized spacial score (nSPS) is 17.7. The Balaban J connectivity index is 1.76. The van der Waals surface area contributed by atoms with Crippen LogP contribution in [0.3, 0.4) is 0 Å². The van der Waals surface area contributed by atoms with Crippen molar-refractivity contribution in [2.24, 2.45) is 5.92 Å². The lowest BCUT2D eigenvalue weighted by molar-refractivity contribution is 0.0633. The summed E-state index contributed by atoms with van der Waals surface area (Å²) in [5.41, 5.74) is 1.74. The van der Waals surface area contributed by atoms with Gasteiger partial charge in [-0.1, -0.05) is 6.07 Å². The summed E-state index contributed by atoms with van der Waals surface area (Å²) in [6, 6.07) is 5.48. The molecule has 1 heterocycles. The van der Waals surface area contributed by atoms with E-state index in [-0.39, 0.29) is 5.91 Å². The molecule has 2 amide bonds. The highest BCUT2D eigenvalue weighted by atomic mass is 16.6. The molecule has 0 atom stereocenters. The van der Waals surface area contributed by atoms with Gasteiger partial charge in [0.1, 0.15) is 5.60 Å². The van der Waals surface area contributed by atoms with Gasteiger partial charge in [-0.15, -0.1) is 0 Å². The second-order valence-corrected chi connectivity index (χ2v) is 7.40. The highest BCUT2D eigenvalue weighted by molar-refractivity contribution is 5.99. The summed E-state index contributed by atoms with van der Waals surface area (Å²) < 4.78 is 5.30. The monoisotopic (exact) mass is 316 g/mol. The molecule has 2 aliphatic rings. The number of benzene rings is 1. The first kappa shape index (κ1) is 15.8. The summed E-state index contributed by atoms with van der Waals surface area (Å²) in [4.78, 5) is 26.6. The van der Waals surface area contributed by atoms with Crippen molar-refractivity contribution in [3.8, 4) is 0 Å². The summed E-state index contributed by atoms with van der Waals surface area (Å²) >= 11 is 0. The summed E-state index contributed by atoms with van der Waals surface area (Å²) in [5.74, 6) is 0.759. The van der Waals surface area contributed by atoms with Gasteiger partial charge in [-0.3, -0.25) is 10.1 Å². The summed E-state index contributed by atoms with van der Waals surface area (Å²) in [6.45, 7) is 7.06. The number of nitrogens with one attached hydrogen (secondary N) is 1. The van der Waals surface area contributed by atoms with Crippen molar-refractivity contribution < 1.29 is 14.3 Å². The van der Waals surface area contributed by atoms with Crippen LogP contribution in [0.15, 0.2) is 18.2 Å². The zero-order valence-electron chi connectivity index (χ0n) is 14.0. The lowest BCUT2D eigenvalue weighted by Crippen LogP contribution is -2.39. The molecule has 1 aromatic rings. The first-order valence-electron chi connectivity index (χ1n) is 8.24. The highest BCUT2D eigenvalue weighted by Gasteiger charge is 2.31. The number of amides is 2. The number of hydrogen-bond acceptors (Lipinski definition) is 3. The molecule has 0 unspecified atom stereocenters. The summed E-state index contributed by atoms with van der Waals surface area (Å²) in [6.07, 6.45) is 2.74. The number of fused-ring (bicyclic) bond motifs is 1. The fraction of sp³-hybridized carbons (Fsp3) is 0.556. The Labute approximate surface area is 137 Å². The zero-order chi connectivity index (χ0) is 16.6. The van der Waals surface area contributed by atoms with Crippen molar-refractivity contribution in [1.82, 2.24) is 4.90 Å². The Hall–Kier alpha value is -2.04. The molecule has 0 saturated heterocycles. The molecule has 1 aliphatic carbocycles. The maximum atomic E-state index is 12.6. The van der Waals surface area contributed by atoms with Gasteiger partial charge in [0.15, 0.2) is 0 Å². The molecule has 0 aromatic heterocycles. The third-order valence-corrected chi connectivity index (χ3v) is 4.14. The van der Waals surface area contributed by atoms with Crippen LogP contribution >= 0.6 is 0 Å². The SMILES string of the molecule is CC(C)(C)OC(=O)Nc1cccc2c1CCN(CC1CC1)C2=O. The van der Waals surface area contributed by atoms with Gasteiger partial charge in [0.2, 0.25) is 0 Å². The lowest BCUT2D eigenvalue weighted by Gasteiger charge is -2.30. The number of nitrogens with zero attached hydrogens (tertiary/aromatic N) is 1. The molecule has 5 heteroatoms. The number of ether oxygens (including phenoxy) is 1. The second-order valence-electron chi connectivity index (χ2n) is 7.40. The standard InChI is InChI=1S/C18H24N2O3/c1-18(2,3)23-17(22)19-15-6-4-5-14-13(15)9-10-20(16(14)21)11-12-7-8-12/h4-6,12H,7-11H2,1-3H3,(H,19,22). The fourth-order valence-electron chi connectivity index (χ4n) is 2.89. The Morgan fingerprint density at radius 3 is 2.74 bits per heavy atom. The van der Waals surface area contributed by atoms with Crippen LogP contribution in [-0.2, 0) is 11.2 Å². The van der Waals surface area contributed by atoms with E-state index in [2.05, 4.69) is 5.32 Å². The van der Waals surface area contributed by atoms with Crippen LogP contribution in [0.25, 0.3) is 0 Å². The molecule has 0 bridgehead atoms. The van der Waals surface area contributed by atoms with E-state index in [0.717, 1.165) is 25.1 Å². The molecule has 0 radical (unpaired) electrons. The maximum absolute atomic E-state index is 12.6. The molecule has 23 heavy (non-hydrogen) atoms. The number of carbonyl (C=O) groups is 2. The quantitative estimate of drug-likeness (QED) is 0.929. The van der Waals surface area contributed by atoms with Gasteiger partial charge < -0.3 is 9.64 Å². The summed E-state index contributed by atoms with van der Waals surface area (Å²) in [7, 11) is 0. The number of anilines is 1. The first-order valence-corrected chi connectivity index (χ1v) is 8.24. The third kappa shape index (κ3) is 3.84. The van der Waals surface area contributed by atoms with Crippen LogP contribution in [0.4, 0.5) is 10.5 Å². The van der Waals surface area contributed by atoms with Crippen molar-refractivity contribution in [3.05, 3.63) is 29.3 Å². The Morgan fingerprint density at radius 2 is 2.09 bits per heavy atom. The molecular formula is C18H24N2O3. The fourth-order valence-corrected chi connectivity index (χ4v) is 2.89. The van der Waals surface area contributed by atoms with Gasteiger partial charge in [0.05, 0.1) is 0 Å². The van der Waals surface area contributed by atoms with Gasteiger partial charge in [-0.25, -0.2) is 4.79 Å². The molecule has 124 valence electrons. The van der Waals surface area contributed by atoms with Gasteiger partial charge in [-0.2, -0.15) is 0 Å². The van der Waals surface area contributed by atoms with Crippen molar-refractivity contribution in [2.75, 3.05) is 18.4 Å². The van der Waals surface area contributed by atoms with Crippen LogP contribution in [0.1, 0.15) is 49.5 Å². The second kappa shape index (κ2) is 5.87. The predicted molar refractivity (Wildman–Crippen MR) is 88.6 cm³/mol. The summed E-state index contributed by atoms with van der Waals surface area (Å²) in [5, 5.41) is 2.78. The topological polar surface area (TPSA) is 58.6 Å². The van der Waals surface area contributed by atoms with E-state index >= 15 is 0 Å². The van der Waals surface area contributed by atoms with Crippen molar-refractivity contribution in [3.63, 3.8) is 0 Å². The smallest absolute Gasteiger partial charge is 0.412 e. The number of hydrogen-bond donors (Lipinski definition) is 1. The molecule has 1 saturated carbocycles. The van der Waals surface area contributed by atoms with Crippen LogP contribution in [0.5, 0.6) is 0 Å². The molecule has 3 rings (SSSR count). The molecular weight excluding hydrogens is 292 g/mol. The Morgan fingerprint density at radius 1 is 1.35 bits per heavy atom. The lowest BCUT2D eigenvalue weighted by atomic mass is 9.97. The van der Waals surface area contributed by atoms with E-state index < -0.39 is 11.7 Å². The Bertz CT molecular complexity index is 630. The molecule has 1 fully saturated rings. The largest absolute Gasteiger partial charge is 0.444 e. The first-order chi connectivity index (χ1) is 10.8. The van der Waals surface area contributed by atoms with E-state index in [0.29, 0.717) is 17.2 Å². The molecule has 1 aromatic carbocycles. The van der Waals surface area contributed by atoms with Gasteiger partial charge in [0, 0.05) is 24.3 Å². The van der Waals surface area contributed by atoms with E-state index in [1.54, 1.807) is 0 Å². The van der Waals surface area contributed by atoms with Gasteiger partial charge in [0.25, 0.3) is 5.91 Å². The van der Waals surface area contributed by atoms with Crippen LogP contribution in [0.2, 0.25) is 0 Å². The van der Waals surface area contributed by atoms with E-state index in [1.807, 2.05) is 43.9 Å².